The Morgan fingerprint density at radius 3 is 2.75 bits per heavy atom. The van der Waals surface area contributed by atoms with Crippen molar-refractivity contribution in [1.29, 1.82) is 0 Å². The lowest BCUT2D eigenvalue weighted by Crippen LogP contribution is -2.18. The minimum absolute atomic E-state index is 0.533. The van der Waals surface area contributed by atoms with Gasteiger partial charge in [-0.2, -0.15) is 0 Å². The molecule has 1 heterocycles. The maximum Gasteiger partial charge on any atom is 0.142 e. The summed E-state index contributed by atoms with van der Waals surface area (Å²) in [7, 11) is 1.66. The normalized spacial score (nSPS) is 14.5. The molecule has 20 heavy (non-hydrogen) atoms. The van der Waals surface area contributed by atoms with Gasteiger partial charge >= 0.3 is 0 Å². The fraction of sp³-hybridized carbons (Fsp3) is 0.667. The van der Waals surface area contributed by atoms with Crippen molar-refractivity contribution in [3.63, 3.8) is 0 Å². The first-order valence-electron chi connectivity index (χ1n) is 7.19. The third-order valence-electron chi connectivity index (χ3n) is 3.12. The zero-order chi connectivity index (χ0) is 14.2. The molecular formula is C15H24N2O3. The molecule has 1 aliphatic rings. The van der Waals surface area contributed by atoms with Crippen LogP contribution in [0.25, 0.3) is 0 Å². The Balaban J connectivity index is 1.76. The van der Waals surface area contributed by atoms with E-state index in [0.29, 0.717) is 32.5 Å². The first kappa shape index (κ1) is 15.2. The van der Waals surface area contributed by atoms with Crippen LogP contribution in [0.3, 0.4) is 0 Å². The van der Waals surface area contributed by atoms with Gasteiger partial charge in [-0.05, 0) is 31.9 Å². The van der Waals surface area contributed by atoms with E-state index in [9.17, 15) is 0 Å². The number of nitrogens with zero attached hydrogens (tertiary/aromatic N) is 1. The zero-order valence-electron chi connectivity index (χ0n) is 12.4. The average molecular weight is 280 g/mol. The molecule has 1 aliphatic carbocycles. The molecular weight excluding hydrogens is 256 g/mol. The number of aryl methyl sites for hydroxylation is 1. The van der Waals surface area contributed by atoms with Gasteiger partial charge in [0.1, 0.15) is 12.4 Å². The summed E-state index contributed by atoms with van der Waals surface area (Å²) in [4.78, 5) is 4.55. The highest BCUT2D eigenvalue weighted by Crippen LogP contribution is 2.22. The van der Waals surface area contributed by atoms with Crippen LogP contribution in [-0.4, -0.2) is 44.6 Å². The van der Waals surface area contributed by atoms with Gasteiger partial charge in [-0.25, -0.2) is 0 Å². The van der Waals surface area contributed by atoms with Gasteiger partial charge in [0.05, 0.1) is 25.5 Å². The highest BCUT2D eigenvalue weighted by Gasteiger charge is 2.21. The molecule has 0 unspecified atom stereocenters. The lowest BCUT2D eigenvalue weighted by atomic mass is 10.3. The quantitative estimate of drug-likeness (QED) is 0.661. The van der Waals surface area contributed by atoms with E-state index >= 15 is 0 Å². The maximum atomic E-state index is 5.76. The predicted molar refractivity (Wildman–Crippen MR) is 77.0 cm³/mol. The topological polar surface area (TPSA) is 52.6 Å². The summed E-state index contributed by atoms with van der Waals surface area (Å²) >= 11 is 0. The molecule has 0 spiro atoms. The third kappa shape index (κ3) is 5.45. The molecule has 5 heteroatoms. The zero-order valence-corrected chi connectivity index (χ0v) is 12.4. The summed E-state index contributed by atoms with van der Waals surface area (Å²) in [5.74, 6) is 0.846. The highest BCUT2D eigenvalue weighted by molar-refractivity contribution is 5.29. The number of methoxy groups -OCH3 is 1. The summed E-state index contributed by atoms with van der Waals surface area (Å²) in [6.07, 6.45) is 2.55. The fourth-order valence-corrected chi connectivity index (χ4v) is 1.84. The molecule has 0 radical (unpaired) electrons. The lowest BCUT2D eigenvalue weighted by Gasteiger charge is -2.12. The smallest absolute Gasteiger partial charge is 0.142 e. The van der Waals surface area contributed by atoms with Gasteiger partial charge < -0.3 is 19.5 Å². The van der Waals surface area contributed by atoms with Crippen molar-refractivity contribution in [3.05, 3.63) is 23.5 Å². The van der Waals surface area contributed by atoms with Crippen LogP contribution in [0, 0.1) is 6.92 Å². The lowest BCUT2D eigenvalue weighted by molar-refractivity contribution is 0.0542. The van der Waals surface area contributed by atoms with E-state index in [1.807, 2.05) is 19.1 Å². The first-order valence-corrected chi connectivity index (χ1v) is 7.19. The van der Waals surface area contributed by atoms with Gasteiger partial charge in [0, 0.05) is 25.4 Å². The van der Waals surface area contributed by atoms with E-state index in [0.717, 1.165) is 23.7 Å². The Labute approximate surface area is 120 Å². The molecule has 0 saturated heterocycles. The van der Waals surface area contributed by atoms with Crippen LogP contribution in [0.4, 0.5) is 0 Å². The van der Waals surface area contributed by atoms with Crippen molar-refractivity contribution in [1.82, 2.24) is 10.3 Å². The van der Waals surface area contributed by atoms with Crippen LogP contribution in [0.15, 0.2) is 12.1 Å². The Bertz CT molecular complexity index is 408. The van der Waals surface area contributed by atoms with Crippen LogP contribution < -0.4 is 10.1 Å². The van der Waals surface area contributed by atoms with Crippen LogP contribution >= 0.6 is 0 Å². The number of nitrogens with one attached hydrogen (secondary N) is 1. The minimum Gasteiger partial charge on any atom is -0.489 e. The first-order chi connectivity index (χ1) is 9.79. The summed E-state index contributed by atoms with van der Waals surface area (Å²) in [6, 6.07) is 4.63. The Kier molecular flexibility index (Phi) is 6.24. The molecule has 5 nitrogen and oxygen atoms in total. The largest absolute Gasteiger partial charge is 0.489 e. The second kappa shape index (κ2) is 8.19. The van der Waals surface area contributed by atoms with Crippen molar-refractivity contribution >= 4 is 0 Å². The van der Waals surface area contributed by atoms with Gasteiger partial charge in [0.25, 0.3) is 0 Å². The van der Waals surface area contributed by atoms with Crippen LogP contribution in [0.5, 0.6) is 5.75 Å². The van der Waals surface area contributed by atoms with E-state index in [1.54, 1.807) is 7.11 Å². The molecule has 112 valence electrons. The number of pyridine rings is 1. The van der Waals surface area contributed by atoms with Gasteiger partial charge in [-0.1, -0.05) is 0 Å². The number of aromatic nitrogens is 1. The molecule has 0 atom stereocenters. The summed E-state index contributed by atoms with van der Waals surface area (Å²) in [5, 5.41) is 3.47. The summed E-state index contributed by atoms with van der Waals surface area (Å²) in [6.45, 7) is 5.08. The van der Waals surface area contributed by atoms with Gasteiger partial charge in [-0.3, -0.25) is 4.98 Å². The number of hydrogen-bond donors (Lipinski definition) is 1. The molecule has 1 N–H and O–H groups in total. The molecule has 1 fully saturated rings. The van der Waals surface area contributed by atoms with Crippen LogP contribution in [0.2, 0.25) is 0 Å². The number of rotatable bonds is 10. The molecule has 0 aromatic carbocycles. The Morgan fingerprint density at radius 2 is 2.00 bits per heavy atom. The van der Waals surface area contributed by atoms with Gasteiger partial charge in [0.2, 0.25) is 0 Å². The Hall–Kier alpha value is -1.17. The third-order valence-corrected chi connectivity index (χ3v) is 3.12. The fourth-order valence-electron chi connectivity index (χ4n) is 1.84. The SMILES string of the molecule is COCCOCCOc1ccc(C)nc1CNC1CC1. The van der Waals surface area contributed by atoms with Gasteiger partial charge in [-0.15, -0.1) is 0 Å². The van der Waals surface area contributed by atoms with E-state index < -0.39 is 0 Å². The van der Waals surface area contributed by atoms with E-state index in [2.05, 4.69) is 10.3 Å². The molecule has 0 bridgehead atoms. The van der Waals surface area contributed by atoms with Crippen molar-refractivity contribution in [2.24, 2.45) is 0 Å². The van der Waals surface area contributed by atoms with Crippen molar-refractivity contribution in [2.75, 3.05) is 33.5 Å². The van der Waals surface area contributed by atoms with E-state index in [1.165, 1.54) is 12.8 Å². The van der Waals surface area contributed by atoms with Crippen LogP contribution in [0.1, 0.15) is 24.2 Å². The second-order valence-corrected chi connectivity index (χ2v) is 5.01. The minimum atomic E-state index is 0.533. The van der Waals surface area contributed by atoms with Crippen LogP contribution in [-0.2, 0) is 16.0 Å². The van der Waals surface area contributed by atoms with Gasteiger partial charge in [0.15, 0.2) is 0 Å². The van der Waals surface area contributed by atoms with E-state index in [-0.39, 0.29) is 0 Å². The summed E-state index contributed by atoms with van der Waals surface area (Å²) in [5.41, 5.74) is 2.00. The van der Waals surface area contributed by atoms with E-state index in [4.69, 9.17) is 14.2 Å². The standard InChI is InChI=1S/C15H24N2O3/c1-12-3-6-15(20-10-9-19-8-7-18-2)14(17-12)11-16-13-4-5-13/h3,6,13,16H,4-5,7-11H2,1-2H3. The van der Waals surface area contributed by atoms with Crippen molar-refractivity contribution in [3.8, 4) is 5.75 Å². The maximum absolute atomic E-state index is 5.76. The van der Waals surface area contributed by atoms with Crippen molar-refractivity contribution in [2.45, 2.75) is 32.4 Å². The molecule has 1 aromatic rings. The number of ether oxygens (including phenoxy) is 3. The summed E-state index contributed by atoms with van der Waals surface area (Å²) < 4.78 is 16.1. The molecule has 0 aliphatic heterocycles. The van der Waals surface area contributed by atoms with Crippen molar-refractivity contribution < 1.29 is 14.2 Å². The number of hydrogen-bond acceptors (Lipinski definition) is 5. The second-order valence-electron chi connectivity index (χ2n) is 5.01. The molecule has 1 saturated carbocycles. The highest BCUT2D eigenvalue weighted by atomic mass is 16.5. The molecule has 1 aromatic heterocycles. The molecule has 2 rings (SSSR count). The average Bonchev–Trinajstić information content (AvgIpc) is 3.26. The predicted octanol–water partition coefficient (Wildman–Crippen LogP) is 1.68. The Morgan fingerprint density at radius 1 is 1.20 bits per heavy atom. The molecule has 0 amide bonds. The monoisotopic (exact) mass is 280 g/mol.